The van der Waals surface area contributed by atoms with Crippen molar-refractivity contribution in [2.45, 2.75) is 45.7 Å². The van der Waals surface area contributed by atoms with Crippen LogP contribution in [0.15, 0.2) is 18.2 Å². The van der Waals surface area contributed by atoms with Crippen LogP contribution in [0.1, 0.15) is 38.7 Å². The zero-order valence-corrected chi connectivity index (χ0v) is 13.4. The van der Waals surface area contributed by atoms with Crippen LogP contribution in [0, 0.1) is 5.41 Å². The number of thiocarbonyl (C=S) groups is 1. The maximum atomic E-state index is 5.39. The van der Waals surface area contributed by atoms with E-state index in [1.165, 1.54) is 19.3 Å². The molecule has 3 rings (SSSR count). The second-order valence-electron chi connectivity index (χ2n) is 6.62. The first kappa shape index (κ1) is 14.4. The first-order chi connectivity index (χ1) is 10.0. The summed E-state index contributed by atoms with van der Waals surface area (Å²) >= 11 is 5.39. The molecule has 114 valence electrons. The van der Waals surface area contributed by atoms with Gasteiger partial charge in [-0.3, -0.25) is 0 Å². The van der Waals surface area contributed by atoms with Crippen LogP contribution in [0.25, 0.3) is 0 Å². The molecule has 0 radical (unpaired) electrons. The summed E-state index contributed by atoms with van der Waals surface area (Å²) in [5.74, 6) is 1.62. The number of ether oxygens (including phenoxy) is 2. The molecule has 0 aromatic heterocycles. The molecular formula is C16H22N2O2S. The minimum Gasteiger partial charge on any atom is -0.454 e. The van der Waals surface area contributed by atoms with Crippen molar-refractivity contribution in [3.63, 3.8) is 0 Å². The van der Waals surface area contributed by atoms with Crippen LogP contribution in [-0.2, 0) is 6.54 Å². The molecule has 4 nitrogen and oxygen atoms in total. The molecule has 1 aromatic rings. The molecule has 1 unspecified atom stereocenters. The van der Waals surface area contributed by atoms with E-state index in [9.17, 15) is 0 Å². The Hall–Kier alpha value is -1.49. The minimum atomic E-state index is 0.309. The van der Waals surface area contributed by atoms with Crippen molar-refractivity contribution in [2.24, 2.45) is 5.41 Å². The molecule has 21 heavy (non-hydrogen) atoms. The molecule has 2 N–H and O–H groups in total. The molecule has 0 amide bonds. The predicted octanol–water partition coefficient (Wildman–Crippen LogP) is 2.96. The summed E-state index contributed by atoms with van der Waals surface area (Å²) in [4.78, 5) is 0. The quantitative estimate of drug-likeness (QED) is 0.841. The molecule has 1 aliphatic carbocycles. The number of hydrogen-bond acceptors (Lipinski definition) is 3. The van der Waals surface area contributed by atoms with Crippen LogP contribution >= 0.6 is 12.2 Å². The van der Waals surface area contributed by atoms with Gasteiger partial charge in [-0.05, 0) is 54.6 Å². The van der Waals surface area contributed by atoms with Crippen LogP contribution in [0.3, 0.4) is 0 Å². The summed E-state index contributed by atoms with van der Waals surface area (Å²) in [5, 5.41) is 7.42. The molecule has 2 aliphatic rings. The Bertz CT molecular complexity index is 545. The van der Waals surface area contributed by atoms with Crippen molar-refractivity contribution in [1.82, 2.24) is 10.6 Å². The van der Waals surface area contributed by atoms with E-state index >= 15 is 0 Å². The second-order valence-corrected chi connectivity index (χ2v) is 7.03. The third-order valence-corrected chi connectivity index (χ3v) is 4.46. The van der Waals surface area contributed by atoms with E-state index in [0.29, 0.717) is 24.8 Å². The lowest BCUT2D eigenvalue weighted by Crippen LogP contribution is -2.40. The lowest BCUT2D eigenvalue weighted by atomic mass is 9.92. The Morgan fingerprint density at radius 1 is 1.33 bits per heavy atom. The molecule has 1 aromatic carbocycles. The molecule has 1 aliphatic heterocycles. The van der Waals surface area contributed by atoms with E-state index in [4.69, 9.17) is 21.7 Å². The lowest BCUT2D eigenvalue weighted by Gasteiger charge is -2.19. The van der Waals surface area contributed by atoms with Crippen LogP contribution < -0.4 is 20.1 Å². The molecule has 0 saturated heterocycles. The summed E-state index contributed by atoms with van der Waals surface area (Å²) in [6.07, 6.45) is 3.63. The Morgan fingerprint density at radius 2 is 2.14 bits per heavy atom. The van der Waals surface area contributed by atoms with Gasteiger partial charge >= 0.3 is 0 Å². The molecule has 1 fully saturated rings. The van der Waals surface area contributed by atoms with Crippen LogP contribution in [-0.4, -0.2) is 17.9 Å². The summed E-state index contributed by atoms with van der Waals surface area (Å²) in [6.45, 7) is 5.64. The zero-order valence-electron chi connectivity index (χ0n) is 12.6. The standard InChI is InChI=1S/C16H22N2O2S/c1-16(2)6-5-12(8-16)18-15(21)17-9-11-3-4-13-14(7-11)20-10-19-13/h3-4,7,12H,5-6,8-10H2,1-2H3,(H2,17,18,21). The number of fused-ring (bicyclic) bond motifs is 1. The number of nitrogens with one attached hydrogen (secondary N) is 2. The van der Waals surface area contributed by atoms with Gasteiger partial charge in [0.2, 0.25) is 6.79 Å². The van der Waals surface area contributed by atoms with E-state index in [1.807, 2.05) is 18.2 Å². The Balaban J connectivity index is 1.48. The van der Waals surface area contributed by atoms with E-state index < -0.39 is 0 Å². The van der Waals surface area contributed by atoms with Gasteiger partial charge in [0.05, 0.1) is 0 Å². The Labute approximate surface area is 131 Å². The van der Waals surface area contributed by atoms with Crippen molar-refractivity contribution < 1.29 is 9.47 Å². The van der Waals surface area contributed by atoms with Crippen LogP contribution in [0.5, 0.6) is 11.5 Å². The van der Waals surface area contributed by atoms with Gasteiger partial charge in [-0.25, -0.2) is 0 Å². The molecule has 0 spiro atoms. The summed E-state index contributed by atoms with van der Waals surface area (Å²) < 4.78 is 10.7. The van der Waals surface area contributed by atoms with Gasteiger partial charge < -0.3 is 20.1 Å². The highest BCUT2D eigenvalue weighted by Gasteiger charge is 2.31. The van der Waals surface area contributed by atoms with E-state index in [-0.39, 0.29) is 0 Å². The highest BCUT2D eigenvalue weighted by atomic mass is 32.1. The normalized spacial score (nSPS) is 22.1. The molecule has 1 heterocycles. The van der Waals surface area contributed by atoms with E-state index in [2.05, 4.69) is 24.5 Å². The van der Waals surface area contributed by atoms with Gasteiger partial charge in [-0.1, -0.05) is 19.9 Å². The van der Waals surface area contributed by atoms with E-state index in [0.717, 1.165) is 22.2 Å². The Kier molecular flexibility index (Phi) is 3.93. The molecule has 1 atom stereocenters. The average Bonchev–Trinajstić information content (AvgIpc) is 3.02. The lowest BCUT2D eigenvalue weighted by molar-refractivity contribution is 0.174. The number of hydrogen-bond donors (Lipinski definition) is 2. The third kappa shape index (κ3) is 3.59. The molecule has 0 bridgehead atoms. The van der Waals surface area contributed by atoms with E-state index in [1.54, 1.807) is 0 Å². The third-order valence-electron chi connectivity index (χ3n) is 4.19. The first-order valence-corrected chi connectivity index (χ1v) is 7.86. The van der Waals surface area contributed by atoms with Crippen molar-refractivity contribution in [3.05, 3.63) is 23.8 Å². The maximum Gasteiger partial charge on any atom is 0.231 e. The largest absolute Gasteiger partial charge is 0.454 e. The van der Waals surface area contributed by atoms with Crippen molar-refractivity contribution in [3.8, 4) is 11.5 Å². The van der Waals surface area contributed by atoms with Crippen molar-refractivity contribution >= 4 is 17.3 Å². The van der Waals surface area contributed by atoms with Gasteiger partial charge in [-0.15, -0.1) is 0 Å². The van der Waals surface area contributed by atoms with Gasteiger partial charge in [0, 0.05) is 12.6 Å². The van der Waals surface area contributed by atoms with Crippen molar-refractivity contribution in [2.75, 3.05) is 6.79 Å². The Morgan fingerprint density at radius 3 is 2.90 bits per heavy atom. The van der Waals surface area contributed by atoms with Gasteiger partial charge in [0.25, 0.3) is 0 Å². The van der Waals surface area contributed by atoms with Crippen LogP contribution in [0.2, 0.25) is 0 Å². The highest BCUT2D eigenvalue weighted by molar-refractivity contribution is 7.80. The fourth-order valence-electron chi connectivity index (χ4n) is 3.03. The minimum absolute atomic E-state index is 0.309. The van der Waals surface area contributed by atoms with Gasteiger partial charge in [-0.2, -0.15) is 0 Å². The monoisotopic (exact) mass is 306 g/mol. The molecule has 5 heteroatoms. The summed E-state index contributed by atoms with van der Waals surface area (Å²) in [6, 6.07) is 6.46. The molecule has 1 saturated carbocycles. The molecular weight excluding hydrogens is 284 g/mol. The zero-order chi connectivity index (χ0) is 14.9. The maximum absolute atomic E-state index is 5.39. The topological polar surface area (TPSA) is 42.5 Å². The SMILES string of the molecule is CC1(C)CCC(NC(=S)NCc2ccc3c(c2)OCO3)C1. The average molecular weight is 306 g/mol. The smallest absolute Gasteiger partial charge is 0.231 e. The number of rotatable bonds is 3. The second kappa shape index (κ2) is 5.72. The van der Waals surface area contributed by atoms with Gasteiger partial charge in [0.15, 0.2) is 16.6 Å². The first-order valence-electron chi connectivity index (χ1n) is 7.45. The summed E-state index contributed by atoms with van der Waals surface area (Å²) in [5.41, 5.74) is 1.57. The van der Waals surface area contributed by atoms with Gasteiger partial charge in [0.1, 0.15) is 0 Å². The fourth-order valence-corrected chi connectivity index (χ4v) is 3.27. The fraction of sp³-hybridized carbons (Fsp3) is 0.562. The van der Waals surface area contributed by atoms with Crippen molar-refractivity contribution in [1.29, 1.82) is 0 Å². The summed E-state index contributed by atoms with van der Waals surface area (Å²) in [7, 11) is 0. The highest BCUT2D eigenvalue weighted by Crippen LogP contribution is 2.36. The predicted molar refractivity (Wildman–Crippen MR) is 86.6 cm³/mol. The van der Waals surface area contributed by atoms with Crippen LogP contribution in [0.4, 0.5) is 0 Å². The number of benzene rings is 1.